The molecule has 1 amide bonds. The van der Waals surface area contributed by atoms with E-state index in [0.29, 0.717) is 13.0 Å². The Morgan fingerprint density at radius 3 is 2.81 bits per heavy atom. The lowest BCUT2D eigenvalue weighted by molar-refractivity contribution is -0.123. The Labute approximate surface area is 126 Å². The highest BCUT2D eigenvalue weighted by atomic mass is 32.1. The van der Waals surface area contributed by atoms with Gasteiger partial charge in [-0.25, -0.2) is 4.98 Å². The van der Waals surface area contributed by atoms with Gasteiger partial charge in [0.05, 0.1) is 17.7 Å². The van der Waals surface area contributed by atoms with Crippen molar-refractivity contribution in [3.8, 4) is 0 Å². The molecule has 4 N–H and O–H groups in total. The number of nitrogens with zero attached hydrogens (tertiary/aromatic N) is 2. The molecule has 0 aliphatic heterocycles. The van der Waals surface area contributed by atoms with E-state index in [4.69, 9.17) is 10.9 Å². The number of oxime groups is 1. The predicted octanol–water partition coefficient (Wildman–Crippen LogP) is 1.36. The smallest absolute Gasteiger partial charge is 0.231 e. The third kappa shape index (κ3) is 4.28. The maximum atomic E-state index is 12.2. The Morgan fingerprint density at radius 1 is 1.43 bits per heavy atom. The summed E-state index contributed by atoms with van der Waals surface area (Å²) < 4.78 is 0. The maximum absolute atomic E-state index is 12.2. The number of aromatic nitrogens is 1. The first kappa shape index (κ1) is 15.0. The minimum absolute atomic E-state index is 0.102. The molecule has 6 nitrogen and oxygen atoms in total. The third-order valence-corrected chi connectivity index (χ3v) is 3.63. The highest BCUT2D eigenvalue weighted by molar-refractivity contribution is 7.07. The quantitative estimate of drug-likeness (QED) is 0.325. The van der Waals surface area contributed by atoms with Crippen molar-refractivity contribution in [2.24, 2.45) is 16.8 Å². The average Bonchev–Trinajstić information content (AvgIpc) is 3.04. The fraction of sp³-hybridized carbons (Fsp3) is 0.214. The molecule has 7 heteroatoms. The van der Waals surface area contributed by atoms with Gasteiger partial charge in [0, 0.05) is 5.38 Å². The monoisotopic (exact) mass is 304 g/mol. The van der Waals surface area contributed by atoms with Crippen LogP contribution in [0, 0.1) is 5.92 Å². The van der Waals surface area contributed by atoms with Crippen LogP contribution in [0.5, 0.6) is 0 Å². The van der Waals surface area contributed by atoms with Crippen LogP contribution in [0.25, 0.3) is 0 Å². The van der Waals surface area contributed by atoms with Gasteiger partial charge >= 0.3 is 0 Å². The van der Waals surface area contributed by atoms with Crippen LogP contribution in [0.2, 0.25) is 0 Å². The second kappa shape index (κ2) is 7.39. The second-order valence-electron chi connectivity index (χ2n) is 4.46. The van der Waals surface area contributed by atoms with E-state index in [0.717, 1.165) is 11.3 Å². The fourth-order valence-electron chi connectivity index (χ4n) is 1.88. The first-order valence-corrected chi connectivity index (χ1v) is 7.31. The summed E-state index contributed by atoms with van der Waals surface area (Å²) in [7, 11) is 0. The van der Waals surface area contributed by atoms with Crippen molar-refractivity contribution in [1.82, 2.24) is 10.3 Å². The molecule has 2 rings (SSSR count). The van der Waals surface area contributed by atoms with Crippen LogP contribution in [-0.4, -0.2) is 21.9 Å². The number of nitrogens with two attached hydrogens (primary N) is 1. The summed E-state index contributed by atoms with van der Waals surface area (Å²) in [6, 6.07) is 9.44. The molecule has 1 heterocycles. The number of hydrogen-bond donors (Lipinski definition) is 3. The molecule has 0 spiro atoms. The van der Waals surface area contributed by atoms with E-state index >= 15 is 0 Å². The molecule has 0 fully saturated rings. The van der Waals surface area contributed by atoms with E-state index in [2.05, 4.69) is 15.5 Å². The summed E-state index contributed by atoms with van der Waals surface area (Å²) in [4.78, 5) is 16.3. The van der Waals surface area contributed by atoms with Gasteiger partial charge in [-0.05, 0) is 12.0 Å². The number of nitrogens with one attached hydrogen (secondary N) is 1. The number of benzene rings is 1. The first-order valence-electron chi connectivity index (χ1n) is 6.37. The van der Waals surface area contributed by atoms with E-state index in [1.807, 2.05) is 35.7 Å². The standard InChI is InChI=1S/C14H16N4O2S/c15-13(18-20)12(6-10-4-2-1-3-5-10)14(19)16-7-11-8-21-9-17-11/h1-5,8-9,12,20H,6-7H2,(H2,15,18)(H,16,19). The molecule has 0 saturated heterocycles. The normalized spacial score (nSPS) is 12.9. The largest absolute Gasteiger partial charge is 0.409 e. The molecule has 2 aromatic rings. The summed E-state index contributed by atoms with van der Waals surface area (Å²) in [6.07, 6.45) is 0.375. The molecule has 0 aliphatic rings. The van der Waals surface area contributed by atoms with E-state index in [-0.39, 0.29) is 11.7 Å². The number of rotatable bonds is 6. The highest BCUT2D eigenvalue weighted by Crippen LogP contribution is 2.10. The molecular formula is C14H16N4O2S. The minimum atomic E-state index is -0.712. The summed E-state index contributed by atoms with van der Waals surface area (Å²) in [5.41, 5.74) is 9.07. The maximum Gasteiger partial charge on any atom is 0.231 e. The molecule has 1 atom stereocenters. The van der Waals surface area contributed by atoms with Gasteiger partial charge < -0.3 is 16.3 Å². The third-order valence-electron chi connectivity index (χ3n) is 3.00. The summed E-state index contributed by atoms with van der Waals surface area (Å²) >= 11 is 1.46. The Hall–Kier alpha value is -2.41. The van der Waals surface area contributed by atoms with Crippen molar-refractivity contribution in [2.75, 3.05) is 0 Å². The van der Waals surface area contributed by atoms with Crippen LogP contribution in [0.4, 0.5) is 0 Å². The number of carbonyl (C=O) groups excluding carboxylic acids is 1. The topological polar surface area (TPSA) is 101 Å². The molecule has 0 aliphatic carbocycles. The Bertz CT molecular complexity index is 599. The first-order chi connectivity index (χ1) is 10.2. The molecule has 0 radical (unpaired) electrons. The zero-order chi connectivity index (χ0) is 15.1. The zero-order valence-corrected chi connectivity index (χ0v) is 12.1. The van der Waals surface area contributed by atoms with Crippen LogP contribution >= 0.6 is 11.3 Å². The number of hydrogen-bond acceptors (Lipinski definition) is 5. The van der Waals surface area contributed by atoms with Crippen LogP contribution in [0.1, 0.15) is 11.3 Å². The van der Waals surface area contributed by atoms with Crippen molar-refractivity contribution >= 4 is 23.1 Å². The van der Waals surface area contributed by atoms with Gasteiger partial charge in [-0.1, -0.05) is 35.5 Å². The van der Waals surface area contributed by atoms with Crippen LogP contribution in [0.3, 0.4) is 0 Å². The van der Waals surface area contributed by atoms with Gasteiger partial charge in [0.15, 0.2) is 5.84 Å². The van der Waals surface area contributed by atoms with E-state index in [1.54, 1.807) is 5.51 Å². The molecule has 1 aromatic carbocycles. The van der Waals surface area contributed by atoms with Gasteiger partial charge in [0.25, 0.3) is 0 Å². The Balaban J connectivity index is 2.03. The number of carbonyl (C=O) groups is 1. The lowest BCUT2D eigenvalue weighted by Gasteiger charge is -2.15. The SMILES string of the molecule is NC(=NO)C(Cc1ccccc1)C(=O)NCc1cscn1. The number of amidine groups is 1. The van der Waals surface area contributed by atoms with Crippen molar-refractivity contribution in [2.45, 2.75) is 13.0 Å². The highest BCUT2D eigenvalue weighted by Gasteiger charge is 2.23. The molecule has 0 bridgehead atoms. The number of amides is 1. The van der Waals surface area contributed by atoms with Crippen molar-refractivity contribution in [3.63, 3.8) is 0 Å². The predicted molar refractivity (Wildman–Crippen MR) is 81.0 cm³/mol. The van der Waals surface area contributed by atoms with Gasteiger partial charge in [-0.15, -0.1) is 11.3 Å². The van der Waals surface area contributed by atoms with Crippen LogP contribution in [0.15, 0.2) is 46.4 Å². The Morgan fingerprint density at radius 2 is 2.19 bits per heavy atom. The van der Waals surface area contributed by atoms with Crippen LogP contribution in [-0.2, 0) is 17.8 Å². The van der Waals surface area contributed by atoms with Crippen molar-refractivity contribution < 1.29 is 10.0 Å². The second-order valence-corrected chi connectivity index (χ2v) is 5.18. The van der Waals surface area contributed by atoms with E-state index < -0.39 is 5.92 Å². The van der Waals surface area contributed by atoms with Gasteiger partial charge in [0.2, 0.25) is 5.91 Å². The Kier molecular flexibility index (Phi) is 5.28. The lowest BCUT2D eigenvalue weighted by atomic mass is 9.97. The molecule has 110 valence electrons. The summed E-state index contributed by atoms with van der Waals surface area (Å²) in [5.74, 6) is -1.10. The van der Waals surface area contributed by atoms with Gasteiger partial charge in [-0.3, -0.25) is 4.79 Å². The molecule has 1 aromatic heterocycles. The lowest BCUT2D eigenvalue weighted by Crippen LogP contribution is -2.40. The average molecular weight is 304 g/mol. The van der Waals surface area contributed by atoms with Gasteiger partial charge in [-0.2, -0.15) is 0 Å². The summed E-state index contributed by atoms with van der Waals surface area (Å²) in [5, 5.41) is 16.4. The zero-order valence-electron chi connectivity index (χ0n) is 11.3. The molecular weight excluding hydrogens is 288 g/mol. The molecule has 21 heavy (non-hydrogen) atoms. The van der Waals surface area contributed by atoms with Crippen molar-refractivity contribution in [3.05, 3.63) is 52.5 Å². The van der Waals surface area contributed by atoms with Crippen LogP contribution < -0.4 is 11.1 Å². The molecule has 1 unspecified atom stereocenters. The van der Waals surface area contributed by atoms with E-state index in [1.165, 1.54) is 11.3 Å². The minimum Gasteiger partial charge on any atom is -0.409 e. The number of thiazole rings is 1. The van der Waals surface area contributed by atoms with Crippen molar-refractivity contribution in [1.29, 1.82) is 0 Å². The van der Waals surface area contributed by atoms with E-state index in [9.17, 15) is 4.79 Å². The summed E-state index contributed by atoms with van der Waals surface area (Å²) in [6.45, 7) is 0.326. The molecule has 0 saturated carbocycles. The van der Waals surface area contributed by atoms with Gasteiger partial charge in [0.1, 0.15) is 5.92 Å². The fourth-order valence-corrected chi connectivity index (χ4v) is 2.44.